The second kappa shape index (κ2) is 7.42. The summed E-state index contributed by atoms with van der Waals surface area (Å²) in [6.45, 7) is 4.41. The van der Waals surface area contributed by atoms with Gasteiger partial charge in [0, 0.05) is 24.7 Å². The molecular formula is C21H20N4O2. The average Bonchev–Trinajstić information content (AvgIpc) is 2.68. The van der Waals surface area contributed by atoms with Gasteiger partial charge in [-0.2, -0.15) is 10.4 Å². The van der Waals surface area contributed by atoms with Gasteiger partial charge in [0.1, 0.15) is 0 Å². The van der Waals surface area contributed by atoms with Crippen LogP contribution in [0.3, 0.4) is 0 Å². The molecule has 0 aliphatic carbocycles. The fraction of sp³-hybridized carbons (Fsp3) is 0.238. The van der Waals surface area contributed by atoms with Gasteiger partial charge < -0.3 is 4.90 Å². The number of aromatic nitrogens is 2. The topological polar surface area (TPSA) is 79.0 Å². The number of rotatable bonds is 4. The largest absolute Gasteiger partial charge is 0.310 e. The quantitative estimate of drug-likeness (QED) is 0.716. The zero-order valence-corrected chi connectivity index (χ0v) is 15.5. The number of hydrogen-bond acceptors (Lipinski definition) is 4. The molecule has 27 heavy (non-hydrogen) atoms. The summed E-state index contributed by atoms with van der Waals surface area (Å²) in [5.74, 6) is -0.122. The number of hydrogen-bond donors (Lipinski definition) is 0. The second-order valence-electron chi connectivity index (χ2n) is 6.80. The van der Waals surface area contributed by atoms with Gasteiger partial charge in [0.2, 0.25) is 0 Å². The molecule has 0 fully saturated rings. The lowest BCUT2D eigenvalue weighted by atomic mass is 10.1. The third kappa shape index (κ3) is 3.58. The van der Waals surface area contributed by atoms with Crippen molar-refractivity contribution in [3.63, 3.8) is 0 Å². The van der Waals surface area contributed by atoms with Crippen LogP contribution in [0.1, 0.15) is 29.9 Å². The van der Waals surface area contributed by atoms with E-state index in [1.165, 1.54) is 9.58 Å². The SMILES string of the molecule is CC(C)Cn1nc(C(=O)N(C)c2cccc(C#N)c2)c2ccccc2c1=O. The van der Waals surface area contributed by atoms with Crippen LogP contribution in [0, 0.1) is 17.2 Å². The lowest BCUT2D eigenvalue weighted by Crippen LogP contribution is -2.32. The van der Waals surface area contributed by atoms with Crippen LogP contribution in [0.4, 0.5) is 5.69 Å². The van der Waals surface area contributed by atoms with Crippen molar-refractivity contribution < 1.29 is 4.79 Å². The molecule has 0 unspecified atom stereocenters. The summed E-state index contributed by atoms with van der Waals surface area (Å²) in [6.07, 6.45) is 0. The standard InChI is InChI=1S/C21H20N4O2/c1-14(2)13-25-20(26)18-10-5-4-9-17(18)19(23-25)21(27)24(3)16-8-6-7-15(11-16)12-22/h4-11,14H,13H2,1-3H3. The summed E-state index contributed by atoms with van der Waals surface area (Å²) in [4.78, 5) is 27.3. The first-order valence-electron chi connectivity index (χ1n) is 8.70. The Morgan fingerprint density at radius 3 is 2.56 bits per heavy atom. The number of nitriles is 1. The van der Waals surface area contributed by atoms with Crippen LogP contribution >= 0.6 is 0 Å². The Bertz CT molecular complexity index is 1110. The predicted molar refractivity (Wildman–Crippen MR) is 105 cm³/mol. The van der Waals surface area contributed by atoms with Gasteiger partial charge in [-0.15, -0.1) is 0 Å². The minimum atomic E-state index is -0.334. The molecule has 0 bridgehead atoms. The van der Waals surface area contributed by atoms with Gasteiger partial charge in [-0.25, -0.2) is 4.68 Å². The van der Waals surface area contributed by atoms with Gasteiger partial charge in [-0.1, -0.05) is 38.1 Å². The molecular weight excluding hydrogens is 340 g/mol. The summed E-state index contributed by atoms with van der Waals surface area (Å²) in [6, 6.07) is 15.9. The Hall–Kier alpha value is -3.46. The molecule has 1 amide bonds. The van der Waals surface area contributed by atoms with Crippen LogP contribution < -0.4 is 10.5 Å². The van der Waals surface area contributed by atoms with Crippen molar-refractivity contribution in [1.82, 2.24) is 9.78 Å². The summed E-state index contributed by atoms with van der Waals surface area (Å²) in [5.41, 5.74) is 1.07. The third-order valence-corrected chi connectivity index (χ3v) is 4.28. The number of carbonyl (C=O) groups excluding carboxylic acids is 1. The molecule has 0 saturated carbocycles. The first-order chi connectivity index (χ1) is 12.9. The maximum Gasteiger partial charge on any atom is 0.279 e. The van der Waals surface area contributed by atoms with Crippen molar-refractivity contribution in [2.75, 3.05) is 11.9 Å². The van der Waals surface area contributed by atoms with Gasteiger partial charge in [-0.3, -0.25) is 9.59 Å². The minimum absolute atomic E-state index is 0.204. The van der Waals surface area contributed by atoms with E-state index in [2.05, 4.69) is 11.2 Å². The van der Waals surface area contributed by atoms with E-state index < -0.39 is 0 Å². The molecule has 3 rings (SSSR count). The number of anilines is 1. The second-order valence-corrected chi connectivity index (χ2v) is 6.80. The Kier molecular flexibility index (Phi) is 5.04. The lowest BCUT2D eigenvalue weighted by molar-refractivity contribution is 0.0987. The monoisotopic (exact) mass is 360 g/mol. The smallest absolute Gasteiger partial charge is 0.279 e. The summed E-state index contributed by atoms with van der Waals surface area (Å²) >= 11 is 0. The highest BCUT2D eigenvalue weighted by molar-refractivity contribution is 6.12. The Morgan fingerprint density at radius 2 is 1.89 bits per heavy atom. The molecule has 1 heterocycles. The van der Waals surface area contributed by atoms with E-state index in [4.69, 9.17) is 5.26 Å². The van der Waals surface area contributed by atoms with Gasteiger partial charge in [-0.05, 0) is 30.2 Å². The molecule has 3 aromatic rings. The molecule has 0 aliphatic heterocycles. The molecule has 136 valence electrons. The maximum absolute atomic E-state index is 13.2. The number of amides is 1. The van der Waals surface area contributed by atoms with E-state index in [0.29, 0.717) is 28.6 Å². The summed E-state index contributed by atoms with van der Waals surface area (Å²) < 4.78 is 1.36. The Balaban J connectivity index is 2.14. The van der Waals surface area contributed by atoms with Gasteiger partial charge in [0.05, 0.1) is 17.0 Å². The van der Waals surface area contributed by atoms with Crippen molar-refractivity contribution in [2.24, 2.45) is 5.92 Å². The van der Waals surface area contributed by atoms with Crippen molar-refractivity contribution in [1.29, 1.82) is 5.26 Å². The normalized spacial score (nSPS) is 10.8. The van der Waals surface area contributed by atoms with Crippen LogP contribution in [0.15, 0.2) is 53.3 Å². The van der Waals surface area contributed by atoms with Crippen molar-refractivity contribution in [3.8, 4) is 6.07 Å². The molecule has 2 aromatic carbocycles. The number of benzene rings is 2. The van der Waals surface area contributed by atoms with Crippen LogP contribution in [0.2, 0.25) is 0 Å². The van der Waals surface area contributed by atoms with Crippen LogP contribution in [0.25, 0.3) is 10.8 Å². The zero-order chi connectivity index (χ0) is 19.6. The number of carbonyl (C=O) groups is 1. The van der Waals surface area contributed by atoms with E-state index in [1.54, 1.807) is 55.6 Å². The first-order valence-corrected chi connectivity index (χ1v) is 8.70. The van der Waals surface area contributed by atoms with E-state index in [1.807, 2.05) is 13.8 Å². The minimum Gasteiger partial charge on any atom is -0.310 e. The van der Waals surface area contributed by atoms with Crippen LogP contribution in [-0.2, 0) is 6.54 Å². The molecule has 0 atom stereocenters. The highest BCUT2D eigenvalue weighted by Gasteiger charge is 2.21. The molecule has 0 saturated heterocycles. The number of fused-ring (bicyclic) bond motifs is 1. The third-order valence-electron chi connectivity index (χ3n) is 4.28. The molecule has 0 N–H and O–H groups in total. The molecule has 1 aromatic heterocycles. The highest BCUT2D eigenvalue weighted by atomic mass is 16.2. The van der Waals surface area contributed by atoms with Gasteiger partial charge in [0.25, 0.3) is 11.5 Å². The first kappa shape index (κ1) is 18.3. The van der Waals surface area contributed by atoms with Gasteiger partial charge in [0.15, 0.2) is 5.69 Å². The van der Waals surface area contributed by atoms with E-state index >= 15 is 0 Å². The Morgan fingerprint density at radius 1 is 1.19 bits per heavy atom. The van der Waals surface area contributed by atoms with E-state index in [9.17, 15) is 9.59 Å². The Labute approximate surface area is 157 Å². The highest BCUT2D eigenvalue weighted by Crippen LogP contribution is 2.20. The van der Waals surface area contributed by atoms with E-state index in [-0.39, 0.29) is 23.1 Å². The zero-order valence-electron chi connectivity index (χ0n) is 15.5. The summed E-state index contributed by atoms with van der Waals surface area (Å²) in [7, 11) is 1.63. The van der Waals surface area contributed by atoms with Crippen molar-refractivity contribution in [3.05, 3.63) is 70.1 Å². The van der Waals surface area contributed by atoms with Crippen molar-refractivity contribution in [2.45, 2.75) is 20.4 Å². The molecule has 0 spiro atoms. The molecule has 6 nitrogen and oxygen atoms in total. The average molecular weight is 360 g/mol. The summed E-state index contributed by atoms with van der Waals surface area (Å²) in [5, 5.41) is 14.5. The van der Waals surface area contributed by atoms with Gasteiger partial charge >= 0.3 is 0 Å². The fourth-order valence-electron chi connectivity index (χ4n) is 2.92. The maximum atomic E-state index is 13.2. The van der Waals surface area contributed by atoms with Crippen LogP contribution in [0.5, 0.6) is 0 Å². The number of nitrogens with zero attached hydrogens (tertiary/aromatic N) is 4. The molecule has 0 aliphatic rings. The van der Waals surface area contributed by atoms with E-state index in [0.717, 1.165) is 0 Å². The molecule has 6 heteroatoms. The van der Waals surface area contributed by atoms with Crippen LogP contribution in [-0.4, -0.2) is 22.7 Å². The fourth-order valence-corrected chi connectivity index (χ4v) is 2.92. The van der Waals surface area contributed by atoms with Crippen molar-refractivity contribution >= 4 is 22.4 Å². The molecule has 0 radical (unpaired) electrons. The lowest BCUT2D eigenvalue weighted by Gasteiger charge is -2.19. The predicted octanol–water partition coefficient (Wildman–Crippen LogP) is 3.20.